The Kier molecular flexibility index (Phi) is 6.10. The Morgan fingerprint density at radius 3 is 2.90 bits per heavy atom. The first-order valence-electron chi connectivity index (χ1n) is 7.06. The first-order valence-corrected chi connectivity index (χ1v) is 8.35. The van der Waals surface area contributed by atoms with E-state index >= 15 is 0 Å². The lowest BCUT2D eigenvalue weighted by atomic mass is 10.4. The van der Waals surface area contributed by atoms with E-state index in [0.717, 1.165) is 41.6 Å². The van der Waals surface area contributed by atoms with Crippen molar-refractivity contribution < 1.29 is 4.74 Å². The fourth-order valence-corrected chi connectivity index (χ4v) is 3.22. The first-order chi connectivity index (χ1) is 10.2. The van der Waals surface area contributed by atoms with E-state index in [4.69, 9.17) is 22.1 Å². The summed E-state index contributed by atoms with van der Waals surface area (Å²) >= 11 is 7.25. The Morgan fingerprint density at radius 2 is 2.29 bits per heavy atom. The summed E-state index contributed by atoms with van der Waals surface area (Å²) in [6.45, 7) is 5.37. The van der Waals surface area contributed by atoms with Gasteiger partial charge in [-0.25, -0.2) is 4.68 Å². The van der Waals surface area contributed by atoms with Gasteiger partial charge in [-0.1, -0.05) is 6.07 Å². The van der Waals surface area contributed by atoms with Crippen molar-refractivity contribution in [1.82, 2.24) is 19.2 Å². The second-order valence-corrected chi connectivity index (χ2v) is 6.21. The molecule has 2 heterocycles. The molecular weight excluding hydrogens is 304 g/mol. The number of hydrogen-bond acceptors (Lipinski definition) is 5. The molecule has 0 aliphatic rings. The van der Waals surface area contributed by atoms with Gasteiger partial charge in [0.1, 0.15) is 0 Å². The molecule has 0 unspecified atom stereocenters. The van der Waals surface area contributed by atoms with Crippen molar-refractivity contribution in [1.29, 1.82) is 0 Å². The van der Waals surface area contributed by atoms with Gasteiger partial charge in [0.05, 0.1) is 11.5 Å². The number of ether oxygens (including phenoxy) is 1. The molecule has 0 saturated carbocycles. The smallest absolute Gasteiger partial charge is 0.199 e. The van der Waals surface area contributed by atoms with Crippen LogP contribution in [0.25, 0.3) is 10.7 Å². The summed E-state index contributed by atoms with van der Waals surface area (Å²) in [6, 6.07) is 4.12. The largest absolute Gasteiger partial charge is 0.385 e. The summed E-state index contributed by atoms with van der Waals surface area (Å²) < 4.78 is 9.85. The van der Waals surface area contributed by atoms with Crippen LogP contribution in [0.2, 0.25) is 0 Å². The molecule has 21 heavy (non-hydrogen) atoms. The molecule has 0 bridgehead atoms. The SMILES string of the molecule is CCn1c(-c2cccs2)nn(CN(C)CCCOC)c1=S. The van der Waals surface area contributed by atoms with Crippen molar-refractivity contribution >= 4 is 23.6 Å². The summed E-state index contributed by atoms with van der Waals surface area (Å²) in [7, 11) is 3.81. The van der Waals surface area contributed by atoms with Crippen LogP contribution >= 0.6 is 23.6 Å². The number of rotatable bonds is 8. The zero-order chi connectivity index (χ0) is 15.2. The highest BCUT2D eigenvalue weighted by Gasteiger charge is 2.13. The van der Waals surface area contributed by atoms with Gasteiger partial charge in [-0.15, -0.1) is 16.4 Å². The molecule has 0 aliphatic heterocycles. The predicted molar refractivity (Wildman–Crippen MR) is 89.2 cm³/mol. The van der Waals surface area contributed by atoms with Crippen molar-refractivity contribution in [3.05, 3.63) is 22.3 Å². The van der Waals surface area contributed by atoms with Gasteiger partial charge in [0.2, 0.25) is 0 Å². The monoisotopic (exact) mass is 326 g/mol. The Morgan fingerprint density at radius 1 is 1.48 bits per heavy atom. The molecule has 0 amide bonds. The molecule has 0 spiro atoms. The molecule has 0 atom stereocenters. The average molecular weight is 326 g/mol. The third-order valence-electron chi connectivity index (χ3n) is 3.24. The zero-order valence-electron chi connectivity index (χ0n) is 12.8. The second-order valence-electron chi connectivity index (χ2n) is 4.89. The maximum absolute atomic E-state index is 5.56. The van der Waals surface area contributed by atoms with Crippen LogP contribution in [0.3, 0.4) is 0 Å². The first kappa shape index (κ1) is 16.4. The summed E-state index contributed by atoms with van der Waals surface area (Å²) in [5, 5.41) is 6.77. The van der Waals surface area contributed by atoms with Gasteiger partial charge < -0.3 is 4.74 Å². The number of thiophene rings is 1. The molecule has 0 aliphatic carbocycles. The van der Waals surface area contributed by atoms with Crippen LogP contribution in [-0.4, -0.2) is 46.6 Å². The summed E-state index contributed by atoms with van der Waals surface area (Å²) in [5.41, 5.74) is 0. The Hall–Kier alpha value is -1.02. The predicted octanol–water partition coefficient (Wildman–Crippen LogP) is 3.09. The third-order valence-corrected chi connectivity index (χ3v) is 4.54. The molecule has 0 N–H and O–H groups in total. The molecule has 0 saturated heterocycles. The van der Waals surface area contributed by atoms with Crippen molar-refractivity contribution in [3.63, 3.8) is 0 Å². The maximum atomic E-state index is 5.56. The molecule has 5 nitrogen and oxygen atoms in total. The van der Waals surface area contributed by atoms with E-state index in [-0.39, 0.29) is 0 Å². The Bertz CT molecular complexity index is 603. The van der Waals surface area contributed by atoms with Crippen LogP contribution in [-0.2, 0) is 18.0 Å². The molecule has 2 aromatic heterocycles. The van der Waals surface area contributed by atoms with Crippen molar-refractivity contribution in [3.8, 4) is 10.7 Å². The van der Waals surface area contributed by atoms with Gasteiger partial charge in [0.25, 0.3) is 0 Å². The van der Waals surface area contributed by atoms with Crippen LogP contribution in [0.5, 0.6) is 0 Å². The highest BCUT2D eigenvalue weighted by atomic mass is 32.1. The highest BCUT2D eigenvalue weighted by molar-refractivity contribution is 7.71. The van der Waals surface area contributed by atoms with Gasteiger partial charge >= 0.3 is 0 Å². The molecule has 116 valence electrons. The summed E-state index contributed by atoms with van der Waals surface area (Å²) in [5.74, 6) is 0.961. The van der Waals surface area contributed by atoms with Crippen LogP contribution in [0.15, 0.2) is 17.5 Å². The maximum Gasteiger partial charge on any atom is 0.199 e. The number of methoxy groups -OCH3 is 1. The molecule has 0 aromatic carbocycles. The molecule has 0 fully saturated rings. The van der Waals surface area contributed by atoms with E-state index in [1.807, 2.05) is 10.7 Å². The van der Waals surface area contributed by atoms with Gasteiger partial charge in [-0.2, -0.15) is 0 Å². The van der Waals surface area contributed by atoms with Crippen molar-refractivity contribution in [2.24, 2.45) is 0 Å². The average Bonchev–Trinajstić information content (AvgIpc) is 3.08. The van der Waals surface area contributed by atoms with Crippen molar-refractivity contribution in [2.45, 2.75) is 26.6 Å². The molecule has 2 rings (SSSR count). The minimum Gasteiger partial charge on any atom is -0.385 e. The van der Waals surface area contributed by atoms with Crippen LogP contribution in [0.1, 0.15) is 13.3 Å². The lowest BCUT2D eigenvalue weighted by Gasteiger charge is -2.15. The van der Waals surface area contributed by atoms with E-state index in [0.29, 0.717) is 6.67 Å². The van der Waals surface area contributed by atoms with E-state index in [1.54, 1.807) is 18.4 Å². The van der Waals surface area contributed by atoms with E-state index in [1.165, 1.54) is 0 Å². The number of nitrogens with zero attached hydrogens (tertiary/aromatic N) is 4. The van der Waals surface area contributed by atoms with Crippen LogP contribution < -0.4 is 0 Å². The lowest BCUT2D eigenvalue weighted by Crippen LogP contribution is -2.24. The van der Waals surface area contributed by atoms with Crippen molar-refractivity contribution in [2.75, 3.05) is 27.3 Å². The standard InChI is InChI=1S/C14H22N4OS2/c1-4-17-13(12-7-5-10-21-12)15-18(14(17)20)11-16(2)8-6-9-19-3/h5,7,10H,4,6,8-9,11H2,1-3H3. The van der Waals surface area contributed by atoms with E-state index in [2.05, 4.69) is 34.9 Å². The summed E-state index contributed by atoms with van der Waals surface area (Å²) in [6.07, 6.45) is 1.01. The van der Waals surface area contributed by atoms with Crippen LogP contribution in [0, 0.1) is 4.77 Å². The quantitative estimate of drug-likeness (QED) is 0.552. The Labute approximate surface area is 134 Å². The highest BCUT2D eigenvalue weighted by Crippen LogP contribution is 2.23. The topological polar surface area (TPSA) is 35.2 Å². The fourth-order valence-electron chi connectivity index (χ4n) is 2.18. The molecule has 0 radical (unpaired) electrons. The van der Waals surface area contributed by atoms with Gasteiger partial charge in [-0.3, -0.25) is 9.47 Å². The Balaban J connectivity index is 2.16. The fraction of sp³-hybridized carbons (Fsp3) is 0.571. The second kappa shape index (κ2) is 7.84. The van der Waals surface area contributed by atoms with Gasteiger partial charge in [-0.05, 0) is 44.1 Å². The van der Waals surface area contributed by atoms with E-state index < -0.39 is 0 Å². The minimum atomic E-state index is 0.702. The van der Waals surface area contributed by atoms with E-state index in [9.17, 15) is 0 Å². The molecule has 7 heteroatoms. The molecular formula is C14H22N4OS2. The molecule has 2 aromatic rings. The normalized spacial score (nSPS) is 11.4. The lowest BCUT2D eigenvalue weighted by molar-refractivity contribution is 0.168. The minimum absolute atomic E-state index is 0.702. The van der Waals surface area contributed by atoms with Gasteiger partial charge in [0.15, 0.2) is 10.6 Å². The zero-order valence-corrected chi connectivity index (χ0v) is 14.4. The number of aromatic nitrogens is 3. The van der Waals surface area contributed by atoms with Gasteiger partial charge in [0, 0.05) is 26.8 Å². The summed E-state index contributed by atoms with van der Waals surface area (Å²) in [4.78, 5) is 3.36. The number of hydrogen-bond donors (Lipinski definition) is 0. The third kappa shape index (κ3) is 4.00. The van der Waals surface area contributed by atoms with Crippen LogP contribution in [0.4, 0.5) is 0 Å².